The average molecular weight is 219 g/mol. The fourth-order valence-electron chi connectivity index (χ4n) is 1.34. The van der Waals surface area contributed by atoms with Gasteiger partial charge in [-0.2, -0.15) is 11.8 Å². The lowest BCUT2D eigenvalue weighted by molar-refractivity contribution is 0.174. The Bertz CT molecular complexity index is 105. The molecule has 0 aromatic carbocycles. The van der Waals surface area contributed by atoms with E-state index in [1.807, 2.05) is 11.8 Å². The molecule has 3 heteroatoms. The summed E-state index contributed by atoms with van der Waals surface area (Å²) in [6, 6.07) is 0.525. The van der Waals surface area contributed by atoms with E-state index in [0.717, 1.165) is 13.2 Å². The van der Waals surface area contributed by atoms with Gasteiger partial charge in [0, 0.05) is 18.9 Å². The van der Waals surface area contributed by atoms with Crippen molar-refractivity contribution in [1.82, 2.24) is 5.32 Å². The lowest BCUT2D eigenvalue weighted by atomic mass is 10.3. The van der Waals surface area contributed by atoms with Gasteiger partial charge in [0.1, 0.15) is 0 Å². The molecule has 0 heterocycles. The maximum absolute atomic E-state index is 5.16. The van der Waals surface area contributed by atoms with Crippen molar-refractivity contribution in [2.75, 3.05) is 31.8 Å². The van der Waals surface area contributed by atoms with Gasteiger partial charge in [-0.15, -0.1) is 0 Å². The largest absolute Gasteiger partial charge is 0.383 e. The van der Waals surface area contributed by atoms with Crippen LogP contribution in [0.4, 0.5) is 0 Å². The Labute approximate surface area is 93.2 Å². The average Bonchev–Trinajstić information content (AvgIpc) is 2.18. The van der Waals surface area contributed by atoms with E-state index in [9.17, 15) is 0 Å². The van der Waals surface area contributed by atoms with E-state index in [-0.39, 0.29) is 0 Å². The van der Waals surface area contributed by atoms with Crippen LogP contribution in [0, 0.1) is 0 Å². The highest BCUT2D eigenvalue weighted by molar-refractivity contribution is 7.99. The fourth-order valence-corrected chi connectivity index (χ4v) is 2.41. The molecular formula is C11H25NOS. The summed E-state index contributed by atoms with van der Waals surface area (Å²) in [6.07, 6.45) is 4.03. The fraction of sp³-hybridized carbons (Fsp3) is 1.00. The van der Waals surface area contributed by atoms with Gasteiger partial charge in [0.25, 0.3) is 0 Å². The molecule has 0 radical (unpaired) electrons. The van der Waals surface area contributed by atoms with Crippen LogP contribution in [-0.2, 0) is 4.74 Å². The maximum atomic E-state index is 5.16. The van der Waals surface area contributed by atoms with Crippen molar-refractivity contribution in [3.05, 3.63) is 0 Å². The zero-order valence-electron chi connectivity index (χ0n) is 9.84. The predicted octanol–water partition coefficient (Wildman–Crippen LogP) is 2.53. The van der Waals surface area contributed by atoms with Crippen molar-refractivity contribution < 1.29 is 4.74 Å². The van der Waals surface area contributed by atoms with Gasteiger partial charge < -0.3 is 10.1 Å². The van der Waals surface area contributed by atoms with Gasteiger partial charge in [-0.3, -0.25) is 0 Å². The van der Waals surface area contributed by atoms with Gasteiger partial charge in [-0.05, 0) is 18.7 Å². The molecule has 2 nitrogen and oxygen atoms in total. The first-order chi connectivity index (χ1) is 6.85. The Kier molecular flexibility index (Phi) is 11.6. The first-order valence-electron chi connectivity index (χ1n) is 5.65. The summed E-state index contributed by atoms with van der Waals surface area (Å²) in [6.45, 7) is 6.25. The highest BCUT2D eigenvalue weighted by Crippen LogP contribution is 2.08. The Morgan fingerprint density at radius 3 is 2.64 bits per heavy atom. The number of methoxy groups -OCH3 is 1. The zero-order valence-corrected chi connectivity index (χ0v) is 10.7. The van der Waals surface area contributed by atoms with Crippen LogP contribution in [0.2, 0.25) is 0 Å². The third-order valence-corrected chi connectivity index (χ3v) is 3.29. The number of rotatable bonds is 10. The van der Waals surface area contributed by atoms with Crippen LogP contribution in [0.25, 0.3) is 0 Å². The number of hydrogen-bond donors (Lipinski definition) is 1. The van der Waals surface area contributed by atoms with Gasteiger partial charge in [0.15, 0.2) is 0 Å². The number of nitrogens with one attached hydrogen (secondary N) is 1. The Morgan fingerprint density at radius 1 is 1.29 bits per heavy atom. The standard InChI is InChI=1S/C11H25NOS/c1-4-6-7-8-14-10-11(9-13-3)12-5-2/h11-12H,4-10H2,1-3H3. The van der Waals surface area contributed by atoms with E-state index in [0.29, 0.717) is 6.04 Å². The molecule has 0 saturated heterocycles. The number of likely N-dealkylation sites (N-methyl/N-ethyl adjacent to an activating group) is 1. The minimum Gasteiger partial charge on any atom is -0.383 e. The van der Waals surface area contributed by atoms with Crippen molar-refractivity contribution in [2.24, 2.45) is 0 Å². The SMILES string of the molecule is CCCCCSCC(COC)NCC. The van der Waals surface area contributed by atoms with E-state index in [2.05, 4.69) is 19.2 Å². The van der Waals surface area contributed by atoms with Gasteiger partial charge >= 0.3 is 0 Å². The highest BCUT2D eigenvalue weighted by atomic mass is 32.2. The molecule has 0 spiro atoms. The molecule has 86 valence electrons. The molecule has 1 unspecified atom stereocenters. The summed E-state index contributed by atoms with van der Waals surface area (Å²) in [5.74, 6) is 2.46. The van der Waals surface area contributed by atoms with Crippen molar-refractivity contribution in [3.63, 3.8) is 0 Å². The lowest BCUT2D eigenvalue weighted by Gasteiger charge is -2.16. The normalized spacial score (nSPS) is 13.1. The summed E-state index contributed by atoms with van der Waals surface area (Å²) in [5.41, 5.74) is 0. The molecule has 14 heavy (non-hydrogen) atoms. The van der Waals surface area contributed by atoms with Crippen LogP contribution in [0.5, 0.6) is 0 Å². The lowest BCUT2D eigenvalue weighted by Crippen LogP contribution is -2.35. The molecule has 0 saturated carbocycles. The molecule has 0 fully saturated rings. The van der Waals surface area contributed by atoms with Crippen LogP contribution in [0.3, 0.4) is 0 Å². The molecule has 1 N–H and O–H groups in total. The zero-order chi connectivity index (χ0) is 10.6. The van der Waals surface area contributed by atoms with Crippen LogP contribution in [0.1, 0.15) is 33.1 Å². The number of ether oxygens (including phenoxy) is 1. The summed E-state index contributed by atoms with van der Waals surface area (Å²) >= 11 is 2.04. The molecule has 0 aromatic heterocycles. The van der Waals surface area contributed by atoms with E-state index in [1.165, 1.54) is 30.8 Å². The second-order valence-corrected chi connectivity index (χ2v) is 4.64. The van der Waals surface area contributed by atoms with Gasteiger partial charge in [0.05, 0.1) is 6.61 Å². The summed E-state index contributed by atoms with van der Waals surface area (Å²) in [5, 5.41) is 3.43. The third-order valence-electron chi connectivity index (χ3n) is 2.07. The molecule has 0 bridgehead atoms. The molecule has 0 aromatic rings. The number of thioether (sulfide) groups is 1. The van der Waals surface area contributed by atoms with E-state index >= 15 is 0 Å². The molecule has 0 amide bonds. The molecule has 0 aliphatic carbocycles. The minimum absolute atomic E-state index is 0.525. The topological polar surface area (TPSA) is 21.3 Å². The molecule has 0 aliphatic rings. The number of unbranched alkanes of at least 4 members (excludes halogenated alkanes) is 2. The molecule has 0 aliphatic heterocycles. The quantitative estimate of drug-likeness (QED) is 0.571. The predicted molar refractivity (Wildman–Crippen MR) is 66.2 cm³/mol. The molecular weight excluding hydrogens is 194 g/mol. The molecule has 0 rings (SSSR count). The van der Waals surface area contributed by atoms with Crippen molar-refractivity contribution in [1.29, 1.82) is 0 Å². The van der Waals surface area contributed by atoms with Crippen molar-refractivity contribution in [3.8, 4) is 0 Å². The minimum atomic E-state index is 0.525. The first-order valence-corrected chi connectivity index (χ1v) is 6.80. The molecule has 1 atom stereocenters. The van der Waals surface area contributed by atoms with Crippen LogP contribution < -0.4 is 5.32 Å². The Morgan fingerprint density at radius 2 is 2.07 bits per heavy atom. The van der Waals surface area contributed by atoms with Crippen molar-refractivity contribution >= 4 is 11.8 Å². The smallest absolute Gasteiger partial charge is 0.0623 e. The maximum Gasteiger partial charge on any atom is 0.0623 e. The second kappa shape index (κ2) is 11.3. The van der Waals surface area contributed by atoms with Gasteiger partial charge in [-0.1, -0.05) is 26.7 Å². The van der Waals surface area contributed by atoms with E-state index in [1.54, 1.807) is 7.11 Å². The highest BCUT2D eigenvalue weighted by Gasteiger charge is 2.05. The van der Waals surface area contributed by atoms with E-state index in [4.69, 9.17) is 4.74 Å². The summed E-state index contributed by atoms with van der Waals surface area (Å²) in [7, 11) is 1.77. The summed E-state index contributed by atoms with van der Waals surface area (Å²) in [4.78, 5) is 0. The van der Waals surface area contributed by atoms with Crippen molar-refractivity contribution in [2.45, 2.75) is 39.2 Å². The first kappa shape index (κ1) is 14.3. The van der Waals surface area contributed by atoms with Crippen LogP contribution in [-0.4, -0.2) is 37.8 Å². The van der Waals surface area contributed by atoms with Gasteiger partial charge in [0.2, 0.25) is 0 Å². The Hall–Kier alpha value is 0.270. The second-order valence-electron chi connectivity index (χ2n) is 3.49. The Balaban J connectivity index is 3.30. The number of hydrogen-bond acceptors (Lipinski definition) is 3. The van der Waals surface area contributed by atoms with Gasteiger partial charge in [-0.25, -0.2) is 0 Å². The third kappa shape index (κ3) is 8.85. The summed E-state index contributed by atoms with van der Waals surface area (Å²) < 4.78 is 5.16. The van der Waals surface area contributed by atoms with Crippen LogP contribution in [0.15, 0.2) is 0 Å². The van der Waals surface area contributed by atoms with Crippen LogP contribution >= 0.6 is 11.8 Å². The monoisotopic (exact) mass is 219 g/mol. The van der Waals surface area contributed by atoms with E-state index < -0.39 is 0 Å².